The van der Waals surface area contributed by atoms with Crippen molar-refractivity contribution in [2.24, 2.45) is 11.7 Å². The number of carbonyl (C=O) groups excluding carboxylic acids is 1. The number of amides is 1. The Hall–Kier alpha value is -1.89. The van der Waals surface area contributed by atoms with Crippen molar-refractivity contribution in [2.75, 3.05) is 13.1 Å². The van der Waals surface area contributed by atoms with Crippen LogP contribution in [0.15, 0.2) is 59.5 Å². The molecule has 2 aromatic carbocycles. The number of hydrogen-bond acceptors (Lipinski definition) is 4. The van der Waals surface area contributed by atoms with Crippen LogP contribution in [0.5, 0.6) is 0 Å². The molecular formula is C21H27ClN2O3S. The van der Waals surface area contributed by atoms with E-state index in [1.807, 2.05) is 11.8 Å². The molecule has 1 aliphatic rings. The van der Waals surface area contributed by atoms with Crippen molar-refractivity contribution in [1.82, 2.24) is 4.90 Å². The Morgan fingerprint density at radius 2 is 1.89 bits per heavy atom. The van der Waals surface area contributed by atoms with E-state index >= 15 is 0 Å². The predicted octanol–water partition coefficient (Wildman–Crippen LogP) is 3.28. The molecule has 0 aromatic heterocycles. The second-order valence-corrected chi connectivity index (χ2v) is 9.27. The molecule has 2 unspecified atom stereocenters. The topological polar surface area (TPSA) is 80.5 Å². The van der Waals surface area contributed by atoms with Crippen LogP contribution in [0.2, 0.25) is 0 Å². The average Bonchev–Trinajstić information content (AvgIpc) is 2.68. The average molecular weight is 423 g/mol. The first kappa shape index (κ1) is 22.4. The Bertz CT molecular complexity index is 901. The molecule has 1 saturated heterocycles. The van der Waals surface area contributed by atoms with Crippen LogP contribution in [0.25, 0.3) is 0 Å². The second kappa shape index (κ2) is 9.54. The maximum atomic E-state index is 12.9. The number of likely N-dealkylation sites (tertiary alicyclic amines) is 1. The van der Waals surface area contributed by atoms with Crippen LogP contribution in [-0.2, 0) is 15.6 Å². The van der Waals surface area contributed by atoms with Crippen molar-refractivity contribution < 1.29 is 13.2 Å². The van der Waals surface area contributed by atoms with Gasteiger partial charge in [0.15, 0.2) is 9.84 Å². The minimum atomic E-state index is -3.44. The number of nitrogens with two attached hydrogens (primary N) is 1. The number of nitrogens with zero attached hydrogens (tertiary/aromatic N) is 1. The van der Waals surface area contributed by atoms with Gasteiger partial charge >= 0.3 is 0 Å². The van der Waals surface area contributed by atoms with Crippen LogP contribution < -0.4 is 5.73 Å². The number of carbonyl (C=O) groups is 1. The van der Waals surface area contributed by atoms with Crippen molar-refractivity contribution >= 4 is 28.2 Å². The lowest BCUT2D eigenvalue weighted by Gasteiger charge is -2.34. The fourth-order valence-electron chi connectivity index (χ4n) is 3.53. The van der Waals surface area contributed by atoms with Crippen molar-refractivity contribution in [2.45, 2.75) is 36.5 Å². The Morgan fingerprint density at radius 1 is 1.18 bits per heavy atom. The summed E-state index contributed by atoms with van der Waals surface area (Å²) in [7, 11) is -3.44. The summed E-state index contributed by atoms with van der Waals surface area (Å²) in [5.41, 5.74) is 7.16. The van der Waals surface area contributed by atoms with E-state index in [1.165, 1.54) is 0 Å². The van der Waals surface area contributed by atoms with E-state index in [4.69, 9.17) is 5.73 Å². The smallest absolute Gasteiger partial charge is 0.253 e. The van der Waals surface area contributed by atoms with Gasteiger partial charge in [-0.15, -0.1) is 12.4 Å². The molecule has 1 heterocycles. The number of rotatable bonds is 5. The molecule has 0 aliphatic carbocycles. The molecule has 3 rings (SSSR count). The first-order valence-corrected chi connectivity index (χ1v) is 10.9. The summed E-state index contributed by atoms with van der Waals surface area (Å²) in [6.07, 6.45) is 1.98. The van der Waals surface area contributed by atoms with Crippen LogP contribution >= 0.6 is 12.4 Å². The fraction of sp³-hybridized carbons (Fsp3) is 0.381. The minimum Gasteiger partial charge on any atom is -0.338 e. The quantitative estimate of drug-likeness (QED) is 0.801. The maximum Gasteiger partial charge on any atom is 0.253 e. The third-order valence-electron chi connectivity index (χ3n) is 5.12. The summed E-state index contributed by atoms with van der Waals surface area (Å²) in [6, 6.07) is 15.4. The Labute approximate surface area is 173 Å². The Balaban J connectivity index is 0.00000280. The Morgan fingerprint density at radius 3 is 2.57 bits per heavy atom. The van der Waals surface area contributed by atoms with E-state index in [0.717, 1.165) is 12.8 Å². The molecule has 2 aromatic rings. The number of halogens is 1. The molecule has 1 fully saturated rings. The standard InChI is InChI=1S/C21H26N2O3S.ClH/c1-16(22)19-9-6-12-23(14-19)21(24)18-8-5-7-17(13-18)15-27(25,26)20-10-3-2-4-11-20;/h2-5,7-8,10-11,13,16,19H,6,9,12,14-15,22H2,1H3;1H. The van der Waals surface area contributed by atoms with Gasteiger partial charge in [-0.2, -0.15) is 0 Å². The van der Waals surface area contributed by atoms with E-state index < -0.39 is 9.84 Å². The lowest BCUT2D eigenvalue weighted by atomic mass is 9.92. The summed E-state index contributed by atoms with van der Waals surface area (Å²) in [6.45, 7) is 3.35. The molecule has 0 bridgehead atoms. The highest BCUT2D eigenvalue weighted by Gasteiger charge is 2.26. The molecule has 2 N–H and O–H groups in total. The highest BCUT2D eigenvalue weighted by molar-refractivity contribution is 7.90. The van der Waals surface area contributed by atoms with Crippen molar-refractivity contribution in [3.8, 4) is 0 Å². The van der Waals surface area contributed by atoms with Gasteiger partial charge in [-0.05, 0) is 55.5 Å². The van der Waals surface area contributed by atoms with Gasteiger partial charge in [0.25, 0.3) is 5.91 Å². The van der Waals surface area contributed by atoms with Gasteiger partial charge in [-0.1, -0.05) is 30.3 Å². The van der Waals surface area contributed by atoms with Gasteiger partial charge in [0, 0.05) is 24.7 Å². The normalized spacial score (nSPS) is 18.2. The third-order valence-corrected chi connectivity index (χ3v) is 6.83. The van der Waals surface area contributed by atoms with Crippen LogP contribution in [0, 0.1) is 5.92 Å². The molecule has 5 nitrogen and oxygen atoms in total. The zero-order chi connectivity index (χ0) is 19.4. The molecule has 0 spiro atoms. The SMILES string of the molecule is CC(N)C1CCCN(C(=O)c2cccc(CS(=O)(=O)c3ccccc3)c2)C1.Cl. The van der Waals surface area contributed by atoms with Crippen LogP contribution in [-0.4, -0.2) is 38.4 Å². The molecule has 2 atom stereocenters. The zero-order valence-electron chi connectivity index (χ0n) is 16.0. The molecule has 0 radical (unpaired) electrons. The van der Waals surface area contributed by atoms with E-state index in [0.29, 0.717) is 30.1 Å². The minimum absolute atomic E-state index is 0. The van der Waals surface area contributed by atoms with Gasteiger partial charge in [0.1, 0.15) is 0 Å². The van der Waals surface area contributed by atoms with Gasteiger partial charge in [0.2, 0.25) is 0 Å². The van der Waals surface area contributed by atoms with Crippen molar-refractivity contribution in [1.29, 1.82) is 0 Å². The van der Waals surface area contributed by atoms with Crippen molar-refractivity contribution in [3.63, 3.8) is 0 Å². The van der Waals surface area contributed by atoms with Crippen LogP contribution in [0.1, 0.15) is 35.7 Å². The number of sulfone groups is 1. The molecule has 152 valence electrons. The zero-order valence-corrected chi connectivity index (χ0v) is 17.6. The molecular weight excluding hydrogens is 396 g/mol. The Kier molecular flexibility index (Phi) is 7.63. The van der Waals surface area contributed by atoms with Gasteiger partial charge in [-0.25, -0.2) is 8.42 Å². The second-order valence-electron chi connectivity index (χ2n) is 7.29. The lowest BCUT2D eigenvalue weighted by molar-refractivity contribution is 0.0661. The lowest BCUT2D eigenvalue weighted by Crippen LogP contribution is -2.45. The van der Waals surface area contributed by atoms with Crippen LogP contribution in [0.3, 0.4) is 0 Å². The third kappa shape index (κ3) is 5.34. The van der Waals surface area contributed by atoms with E-state index in [9.17, 15) is 13.2 Å². The summed E-state index contributed by atoms with van der Waals surface area (Å²) < 4.78 is 25.2. The van der Waals surface area contributed by atoms with Crippen molar-refractivity contribution in [3.05, 3.63) is 65.7 Å². The first-order valence-electron chi connectivity index (χ1n) is 9.28. The summed E-state index contributed by atoms with van der Waals surface area (Å²) in [4.78, 5) is 15.0. The summed E-state index contributed by atoms with van der Waals surface area (Å²) >= 11 is 0. The van der Waals surface area contributed by atoms with E-state index in [1.54, 1.807) is 54.6 Å². The predicted molar refractivity (Wildman–Crippen MR) is 113 cm³/mol. The van der Waals surface area contributed by atoms with E-state index in [2.05, 4.69) is 0 Å². The number of piperidine rings is 1. The number of benzene rings is 2. The fourth-order valence-corrected chi connectivity index (χ4v) is 4.89. The maximum absolute atomic E-state index is 12.9. The molecule has 1 amide bonds. The number of hydrogen-bond donors (Lipinski definition) is 1. The summed E-state index contributed by atoms with van der Waals surface area (Å²) in [5, 5.41) is 0. The van der Waals surface area contributed by atoms with Gasteiger partial charge in [0.05, 0.1) is 10.6 Å². The molecule has 1 aliphatic heterocycles. The van der Waals surface area contributed by atoms with Crippen LogP contribution in [0.4, 0.5) is 0 Å². The highest BCUT2D eigenvalue weighted by Crippen LogP contribution is 2.22. The summed E-state index contributed by atoms with van der Waals surface area (Å²) in [5.74, 6) is 0.129. The van der Waals surface area contributed by atoms with Gasteiger partial charge < -0.3 is 10.6 Å². The largest absolute Gasteiger partial charge is 0.338 e. The first-order chi connectivity index (χ1) is 12.9. The monoisotopic (exact) mass is 422 g/mol. The molecule has 7 heteroatoms. The van der Waals surface area contributed by atoms with E-state index in [-0.39, 0.29) is 35.0 Å². The van der Waals surface area contributed by atoms with Gasteiger partial charge in [-0.3, -0.25) is 4.79 Å². The highest BCUT2D eigenvalue weighted by atomic mass is 35.5. The molecule has 0 saturated carbocycles. The molecule has 28 heavy (non-hydrogen) atoms.